The lowest BCUT2D eigenvalue weighted by Gasteiger charge is -2.17. The van der Waals surface area contributed by atoms with Gasteiger partial charge in [-0.3, -0.25) is 9.59 Å². The number of benzene rings is 1. The van der Waals surface area contributed by atoms with Crippen LogP contribution in [0.3, 0.4) is 0 Å². The van der Waals surface area contributed by atoms with Gasteiger partial charge in [-0.25, -0.2) is 0 Å². The number of hydrogen-bond donors (Lipinski definition) is 3. The molecule has 2 unspecified atom stereocenters. The van der Waals surface area contributed by atoms with E-state index in [1.807, 2.05) is 13.8 Å². The van der Waals surface area contributed by atoms with Crippen LogP contribution in [0.5, 0.6) is 0 Å². The van der Waals surface area contributed by atoms with Crippen molar-refractivity contribution in [2.45, 2.75) is 26.3 Å². The van der Waals surface area contributed by atoms with E-state index >= 15 is 0 Å². The highest BCUT2D eigenvalue weighted by atomic mass is 35.5. The van der Waals surface area contributed by atoms with Crippen molar-refractivity contribution in [3.05, 3.63) is 34.9 Å². The highest BCUT2D eigenvalue weighted by Crippen LogP contribution is 2.14. The first-order valence-corrected chi connectivity index (χ1v) is 7.41. The van der Waals surface area contributed by atoms with E-state index in [9.17, 15) is 9.59 Å². The second-order valence-electron chi connectivity index (χ2n) is 4.94. The number of rotatable bonds is 7. The largest absolute Gasteiger partial charge is 0.353 e. The zero-order chi connectivity index (χ0) is 15.8. The minimum atomic E-state index is -0.519. The van der Waals surface area contributed by atoms with Crippen molar-refractivity contribution >= 4 is 35.8 Å². The number of amides is 2. The van der Waals surface area contributed by atoms with Crippen LogP contribution in [-0.4, -0.2) is 30.9 Å². The van der Waals surface area contributed by atoms with E-state index in [1.165, 1.54) is 0 Å². The molecule has 22 heavy (non-hydrogen) atoms. The summed E-state index contributed by atoms with van der Waals surface area (Å²) in [5.74, 6) is -0.333. The number of carbonyl (C=O) groups excluding carboxylic acids is 2. The van der Waals surface area contributed by atoms with Gasteiger partial charge in [-0.1, -0.05) is 44.0 Å². The molecule has 124 valence electrons. The van der Waals surface area contributed by atoms with E-state index < -0.39 is 6.04 Å². The molecule has 1 aromatic rings. The topological polar surface area (TPSA) is 84.2 Å². The molecule has 0 fully saturated rings. The van der Waals surface area contributed by atoms with Crippen LogP contribution in [0, 0.1) is 5.92 Å². The number of nitrogens with one attached hydrogen (secondary N) is 2. The van der Waals surface area contributed by atoms with Crippen LogP contribution in [-0.2, 0) is 4.79 Å². The molecule has 0 spiro atoms. The number of hydrogen-bond acceptors (Lipinski definition) is 3. The first-order chi connectivity index (χ1) is 9.97. The molecule has 0 bridgehead atoms. The molecule has 1 rings (SSSR count). The first kappa shape index (κ1) is 20.7. The second-order valence-corrected chi connectivity index (χ2v) is 5.35. The minimum absolute atomic E-state index is 0. The van der Waals surface area contributed by atoms with E-state index in [-0.39, 0.29) is 30.1 Å². The van der Waals surface area contributed by atoms with E-state index in [2.05, 4.69) is 10.6 Å². The van der Waals surface area contributed by atoms with Gasteiger partial charge in [0.25, 0.3) is 5.91 Å². The van der Waals surface area contributed by atoms with Gasteiger partial charge in [-0.05, 0) is 18.1 Å². The van der Waals surface area contributed by atoms with E-state index in [1.54, 1.807) is 24.3 Å². The van der Waals surface area contributed by atoms with Gasteiger partial charge in [0, 0.05) is 13.1 Å². The summed E-state index contributed by atoms with van der Waals surface area (Å²) in [6.45, 7) is 4.58. The summed E-state index contributed by atoms with van der Waals surface area (Å²) in [4.78, 5) is 23.6. The molecule has 5 nitrogen and oxygen atoms in total. The monoisotopic (exact) mass is 347 g/mol. The Labute approximate surface area is 142 Å². The summed E-state index contributed by atoms with van der Waals surface area (Å²) < 4.78 is 0. The lowest BCUT2D eigenvalue weighted by Crippen LogP contribution is -2.46. The van der Waals surface area contributed by atoms with Crippen LogP contribution in [0.2, 0.25) is 5.02 Å². The lowest BCUT2D eigenvalue weighted by molar-refractivity contribution is -0.123. The Morgan fingerprint density at radius 3 is 2.41 bits per heavy atom. The summed E-state index contributed by atoms with van der Waals surface area (Å²) in [5.41, 5.74) is 6.23. The zero-order valence-electron chi connectivity index (χ0n) is 12.8. The van der Waals surface area contributed by atoms with Gasteiger partial charge >= 0.3 is 0 Å². The third kappa shape index (κ3) is 6.22. The molecule has 0 aliphatic heterocycles. The SMILES string of the molecule is CCC(C)C(N)C(=O)NCCNC(=O)c1ccccc1Cl.Cl. The molecule has 2 amide bonds. The van der Waals surface area contributed by atoms with Crippen molar-refractivity contribution in [3.63, 3.8) is 0 Å². The Morgan fingerprint density at radius 2 is 1.82 bits per heavy atom. The molecule has 0 aromatic heterocycles. The van der Waals surface area contributed by atoms with Crippen LogP contribution in [0.1, 0.15) is 30.6 Å². The standard InChI is InChI=1S/C15H22ClN3O2.ClH/c1-3-10(2)13(17)15(21)19-9-8-18-14(20)11-6-4-5-7-12(11)16;/h4-7,10,13H,3,8-9,17H2,1-2H3,(H,18,20)(H,19,21);1H. The number of halogens is 2. The fraction of sp³-hybridized carbons (Fsp3) is 0.467. The Bertz CT molecular complexity index is 497. The summed E-state index contributed by atoms with van der Waals surface area (Å²) in [5, 5.41) is 5.81. The predicted octanol–water partition coefficient (Wildman–Crippen LogP) is 1.98. The van der Waals surface area contributed by atoms with Gasteiger partial charge in [0.15, 0.2) is 0 Å². The number of nitrogens with two attached hydrogens (primary N) is 1. The van der Waals surface area contributed by atoms with Crippen LogP contribution >= 0.6 is 24.0 Å². The molecule has 2 atom stereocenters. The summed E-state index contributed by atoms with van der Waals surface area (Å²) in [7, 11) is 0. The molecule has 0 aliphatic carbocycles. The van der Waals surface area contributed by atoms with Crippen LogP contribution in [0.4, 0.5) is 0 Å². The van der Waals surface area contributed by atoms with E-state index in [4.69, 9.17) is 17.3 Å². The first-order valence-electron chi connectivity index (χ1n) is 7.03. The predicted molar refractivity (Wildman–Crippen MR) is 91.5 cm³/mol. The van der Waals surface area contributed by atoms with Crippen LogP contribution in [0.15, 0.2) is 24.3 Å². The summed E-state index contributed by atoms with van der Waals surface area (Å²) >= 11 is 5.93. The average molecular weight is 348 g/mol. The van der Waals surface area contributed by atoms with Gasteiger partial charge < -0.3 is 16.4 Å². The third-order valence-electron chi connectivity index (χ3n) is 3.39. The van der Waals surface area contributed by atoms with Crippen molar-refractivity contribution in [3.8, 4) is 0 Å². The molecule has 0 saturated carbocycles. The van der Waals surface area contributed by atoms with Crippen molar-refractivity contribution < 1.29 is 9.59 Å². The smallest absolute Gasteiger partial charge is 0.252 e. The molecule has 0 aliphatic rings. The van der Waals surface area contributed by atoms with Gasteiger partial charge in [0.05, 0.1) is 16.6 Å². The Kier molecular flexibility index (Phi) is 9.81. The molecule has 0 saturated heterocycles. The Hall–Kier alpha value is -1.30. The Morgan fingerprint density at radius 1 is 1.23 bits per heavy atom. The maximum atomic E-state index is 11.9. The van der Waals surface area contributed by atoms with Crippen LogP contribution < -0.4 is 16.4 Å². The van der Waals surface area contributed by atoms with E-state index in [0.717, 1.165) is 6.42 Å². The van der Waals surface area contributed by atoms with Crippen molar-refractivity contribution in [1.29, 1.82) is 0 Å². The average Bonchev–Trinajstić information content (AvgIpc) is 2.49. The summed E-state index contributed by atoms with van der Waals surface area (Å²) in [6, 6.07) is 6.29. The van der Waals surface area contributed by atoms with Gasteiger partial charge in [0.2, 0.25) is 5.91 Å². The van der Waals surface area contributed by atoms with E-state index in [0.29, 0.717) is 23.7 Å². The van der Waals surface area contributed by atoms with Crippen molar-refractivity contribution in [2.75, 3.05) is 13.1 Å². The molecule has 7 heteroatoms. The zero-order valence-corrected chi connectivity index (χ0v) is 14.3. The second kappa shape index (κ2) is 10.4. The van der Waals surface area contributed by atoms with Gasteiger partial charge in [-0.15, -0.1) is 12.4 Å². The van der Waals surface area contributed by atoms with Gasteiger partial charge in [0.1, 0.15) is 0 Å². The molecule has 0 heterocycles. The Balaban J connectivity index is 0.00000441. The number of carbonyl (C=O) groups is 2. The normalized spacial score (nSPS) is 12.7. The minimum Gasteiger partial charge on any atom is -0.353 e. The van der Waals surface area contributed by atoms with Gasteiger partial charge in [-0.2, -0.15) is 0 Å². The summed E-state index contributed by atoms with van der Waals surface area (Å²) in [6.07, 6.45) is 0.845. The fourth-order valence-corrected chi connectivity index (χ4v) is 1.95. The molecule has 0 radical (unpaired) electrons. The molecular weight excluding hydrogens is 325 g/mol. The highest BCUT2D eigenvalue weighted by Gasteiger charge is 2.18. The third-order valence-corrected chi connectivity index (χ3v) is 3.72. The van der Waals surface area contributed by atoms with Crippen LogP contribution in [0.25, 0.3) is 0 Å². The molecule has 4 N–H and O–H groups in total. The highest BCUT2D eigenvalue weighted by molar-refractivity contribution is 6.33. The lowest BCUT2D eigenvalue weighted by atomic mass is 9.99. The maximum absolute atomic E-state index is 11.9. The van der Waals surface area contributed by atoms with Crippen molar-refractivity contribution in [2.24, 2.45) is 11.7 Å². The molecular formula is C15H23Cl2N3O2. The fourth-order valence-electron chi connectivity index (χ4n) is 1.73. The quantitative estimate of drug-likeness (QED) is 0.659. The molecule has 1 aromatic carbocycles. The maximum Gasteiger partial charge on any atom is 0.252 e. The van der Waals surface area contributed by atoms with Crippen molar-refractivity contribution in [1.82, 2.24) is 10.6 Å².